The predicted octanol–water partition coefficient (Wildman–Crippen LogP) is 5.28. The molecule has 2 aliphatic rings. The molecule has 1 aromatic rings. The van der Waals surface area contributed by atoms with Crippen LogP contribution in [-0.2, 0) is 4.84 Å². The molecule has 108 valence electrons. The molecule has 0 bridgehead atoms. The van der Waals surface area contributed by atoms with Gasteiger partial charge in [-0.25, -0.2) is 0 Å². The van der Waals surface area contributed by atoms with Crippen LogP contribution in [0.5, 0.6) is 0 Å². The number of oxime groups is 1. The van der Waals surface area contributed by atoms with Gasteiger partial charge in [0.25, 0.3) is 0 Å². The van der Waals surface area contributed by atoms with E-state index in [4.69, 9.17) is 4.84 Å². The second kappa shape index (κ2) is 6.75. The van der Waals surface area contributed by atoms with Gasteiger partial charge in [-0.15, -0.1) is 0 Å². The molecule has 0 heterocycles. The van der Waals surface area contributed by atoms with Crippen molar-refractivity contribution in [2.45, 2.75) is 50.9 Å². The molecule has 0 spiro atoms. The van der Waals surface area contributed by atoms with Crippen molar-refractivity contribution in [3.05, 3.63) is 34.3 Å². The number of nitrogens with zero attached hydrogens (tertiary/aromatic N) is 1. The zero-order valence-electron chi connectivity index (χ0n) is 11.9. The first-order valence-electron chi connectivity index (χ1n) is 7.74. The van der Waals surface area contributed by atoms with Gasteiger partial charge in [-0.3, -0.25) is 0 Å². The highest BCUT2D eigenvalue weighted by molar-refractivity contribution is 9.10. The van der Waals surface area contributed by atoms with E-state index in [0.717, 1.165) is 29.8 Å². The smallest absolute Gasteiger partial charge is 0.120 e. The fraction of sp³-hybridized carbons (Fsp3) is 0.588. The van der Waals surface area contributed by atoms with Crippen LogP contribution in [0.2, 0.25) is 0 Å². The maximum absolute atomic E-state index is 5.56. The predicted molar refractivity (Wildman–Crippen MR) is 86.1 cm³/mol. The summed E-state index contributed by atoms with van der Waals surface area (Å²) >= 11 is 3.53. The molecular formula is C17H22BrNO. The molecule has 2 fully saturated rings. The maximum atomic E-state index is 5.56. The van der Waals surface area contributed by atoms with E-state index < -0.39 is 0 Å². The fourth-order valence-corrected chi connectivity index (χ4v) is 3.58. The zero-order chi connectivity index (χ0) is 13.8. The molecule has 2 saturated carbocycles. The van der Waals surface area contributed by atoms with E-state index in [9.17, 15) is 0 Å². The highest BCUT2D eigenvalue weighted by atomic mass is 79.9. The van der Waals surface area contributed by atoms with Crippen molar-refractivity contribution in [3.63, 3.8) is 0 Å². The van der Waals surface area contributed by atoms with Crippen LogP contribution in [-0.4, -0.2) is 12.3 Å². The van der Waals surface area contributed by atoms with E-state index in [2.05, 4.69) is 45.4 Å². The Morgan fingerprint density at radius 2 is 1.95 bits per heavy atom. The molecule has 0 N–H and O–H groups in total. The Kier molecular flexibility index (Phi) is 4.77. The lowest BCUT2D eigenvalue weighted by molar-refractivity contribution is 0.0895. The van der Waals surface area contributed by atoms with Crippen LogP contribution < -0.4 is 0 Å². The summed E-state index contributed by atoms with van der Waals surface area (Å²) in [6.45, 7) is 0.824. The number of halogens is 1. The van der Waals surface area contributed by atoms with E-state index in [1.54, 1.807) is 0 Å². The highest BCUT2D eigenvalue weighted by Gasteiger charge is 2.27. The highest BCUT2D eigenvalue weighted by Crippen LogP contribution is 2.35. The average Bonchev–Trinajstić information content (AvgIpc) is 2.42. The Balaban J connectivity index is 1.42. The molecule has 0 saturated heterocycles. The molecule has 0 radical (unpaired) electrons. The van der Waals surface area contributed by atoms with Gasteiger partial charge in [0.15, 0.2) is 0 Å². The Labute approximate surface area is 129 Å². The maximum Gasteiger partial charge on any atom is 0.120 e. The first-order chi connectivity index (χ1) is 9.81. The van der Waals surface area contributed by atoms with Crippen molar-refractivity contribution in [3.8, 4) is 0 Å². The summed E-state index contributed by atoms with van der Waals surface area (Å²) in [5.41, 5.74) is 2.64. The van der Waals surface area contributed by atoms with Gasteiger partial charge in [0, 0.05) is 4.47 Å². The second-order valence-electron chi connectivity index (χ2n) is 6.12. The average molecular weight is 336 g/mol. The van der Waals surface area contributed by atoms with Gasteiger partial charge in [-0.1, -0.05) is 52.5 Å². The molecule has 0 unspecified atom stereocenters. The van der Waals surface area contributed by atoms with Crippen molar-refractivity contribution < 1.29 is 4.84 Å². The summed E-state index contributed by atoms with van der Waals surface area (Å²) in [4.78, 5) is 5.56. The molecule has 2 nitrogen and oxygen atoms in total. The van der Waals surface area contributed by atoms with Crippen LogP contribution in [0.4, 0.5) is 0 Å². The Morgan fingerprint density at radius 3 is 2.70 bits per heavy atom. The molecule has 0 aromatic heterocycles. The van der Waals surface area contributed by atoms with Crippen LogP contribution in [0.1, 0.15) is 56.4 Å². The van der Waals surface area contributed by atoms with Gasteiger partial charge in [0.2, 0.25) is 0 Å². The minimum atomic E-state index is 0.629. The van der Waals surface area contributed by atoms with E-state index >= 15 is 0 Å². The minimum Gasteiger partial charge on any atom is -0.396 e. The first-order valence-corrected chi connectivity index (χ1v) is 8.54. The third-order valence-corrected chi connectivity index (χ3v) is 5.01. The molecule has 0 atom stereocenters. The largest absolute Gasteiger partial charge is 0.396 e. The summed E-state index contributed by atoms with van der Waals surface area (Å²) < 4.78 is 1.16. The number of benzene rings is 1. The van der Waals surface area contributed by atoms with Gasteiger partial charge in [0.1, 0.15) is 6.61 Å². The summed E-state index contributed by atoms with van der Waals surface area (Å²) in [6.07, 6.45) is 8.91. The third-order valence-electron chi connectivity index (χ3n) is 4.51. The standard InChI is InChI=1S/C17H22BrNO/c18-16-8-4-7-14(9-16)15-10-17(11-15)19-20-12-13-5-2-1-3-6-13/h4,7-9,13,15H,1-3,5-6,10-12H2. The van der Waals surface area contributed by atoms with Crippen LogP contribution >= 0.6 is 15.9 Å². The summed E-state index contributed by atoms with van der Waals surface area (Å²) in [6, 6.07) is 8.60. The Hall–Kier alpha value is -0.830. The van der Waals surface area contributed by atoms with E-state index in [0.29, 0.717) is 5.92 Å². The number of hydrogen-bond donors (Lipinski definition) is 0. The van der Waals surface area contributed by atoms with Crippen molar-refractivity contribution in [2.24, 2.45) is 11.1 Å². The number of rotatable bonds is 4. The Morgan fingerprint density at radius 1 is 1.15 bits per heavy atom. The lowest BCUT2D eigenvalue weighted by atomic mass is 9.78. The monoisotopic (exact) mass is 335 g/mol. The summed E-state index contributed by atoms with van der Waals surface area (Å²) in [5, 5.41) is 4.33. The third kappa shape index (κ3) is 3.63. The Bertz CT molecular complexity index is 472. The quantitative estimate of drug-likeness (QED) is 0.686. The van der Waals surface area contributed by atoms with Crippen molar-refractivity contribution in [1.29, 1.82) is 0 Å². The lowest BCUT2D eigenvalue weighted by Crippen LogP contribution is -2.22. The van der Waals surface area contributed by atoms with Gasteiger partial charge in [0.05, 0.1) is 5.71 Å². The van der Waals surface area contributed by atoms with Crippen LogP contribution in [0.15, 0.2) is 33.9 Å². The van der Waals surface area contributed by atoms with Crippen molar-refractivity contribution in [1.82, 2.24) is 0 Å². The van der Waals surface area contributed by atoms with E-state index in [1.807, 2.05) is 0 Å². The molecule has 3 heteroatoms. The normalized spacial score (nSPS) is 23.2. The summed E-state index contributed by atoms with van der Waals surface area (Å²) in [5.74, 6) is 1.37. The second-order valence-corrected chi connectivity index (χ2v) is 7.03. The first kappa shape index (κ1) is 14.1. The molecule has 0 amide bonds. The van der Waals surface area contributed by atoms with Crippen LogP contribution in [0, 0.1) is 5.92 Å². The van der Waals surface area contributed by atoms with Crippen LogP contribution in [0.3, 0.4) is 0 Å². The lowest BCUT2D eigenvalue weighted by Gasteiger charge is -2.28. The molecule has 1 aromatic carbocycles. The summed E-state index contributed by atoms with van der Waals surface area (Å²) in [7, 11) is 0. The van der Waals surface area contributed by atoms with Gasteiger partial charge >= 0.3 is 0 Å². The van der Waals surface area contributed by atoms with Gasteiger partial charge < -0.3 is 4.84 Å². The van der Waals surface area contributed by atoms with E-state index in [1.165, 1.54) is 43.4 Å². The molecule has 2 aliphatic carbocycles. The number of hydrogen-bond acceptors (Lipinski definition) is 2. The fourth-order valence-electron chi connectivity index (χ4n) is 3.17. The van der Waals surface area contributed by atoms with Crippen molar-refractivity contribution >= 4 is 21.6 Å². The van der Waals surface area contributed by atoms with E-state index in [-0.39, 0.29) is 0 Å². The SMILES string of the molecule is Brc1cccc(C2CC(=NOCC3CCCCC3)C2)c1. The molecule has 3 rings (SSSR count). The molecule has 20 heavy (non-hydrogen) atoms. The van der Waals surface area contributed by atoms with Gasteiger partial charge in [-0.05, 0) is 55.2 Å². The minimum absolute atomic E-state index is 0.629. The molecular weight excluding hydrogens is 314 g/mol. The molecule has 0 aliphatic heterocycles. The van der Waals surface area contributed by atoms with Crippen LogP contribution in [0.25, 0.3) is 0 Å². The van der Waals surface area contributed by atoms with Crippen molar-refractivity contribution in [2.75, 3.05) is 6.61 Å². The van der Waals surface area contributed by atoms with Gasteiger partial charge in [-0.2, -0.15) is 0 Å². The topological polar surface area (TPSA) is 21.6 Å². The zero-order valence-corrected chi connectivity index (χ0v) is 13.4.